The maximum atomic E-state index is 2.43. The average Bonchev–Trinajstić information content (AvgIpc) is 2.81. The van der Waals surface area contributed by atoms with Gasteiger partial charge in [0.2, 0.25) is 0 Å². The Morgan fingerprint density at radius 2 is 0.900 bits per heavy atom. The molecule has 0 N–H and O–H groups in total. The van der Waals surface area contributed by atoms with E-state index in [1.165, 1.54) is 77.0 Å². The summed E-state index contributed by atoms with van der Waals surface area (Å²) in [5, 5.41) is 0. The lowest BCUT2D eigenvalue weighted by molar-refractivity contribution is 0.176. The van der Waals surface area contributed by atoms with Gasteiger partial charge in [-0.15, -0.1) is 0 Å². The first kappa shape index (κ1) is 21.7. The first-order valence-corrected chi connectivity index (χ1v) is 13.0. The minimum absolute atomic E-state index is 0.821. The molecular formula is C30H42. The van der Waals surface area contributed by atoms with Crippen LogP contribution in [0.2, 0.25) is 0 Å². The van der Waals surface area contributed by atoms with Crippen LogP contribution in [0, 0.1) is 11.8 Å². The van der Waals surface area contributed by atoms with Crippen LogP contribution >= 0.6 is 0 Å². The van der Waals surface area contributed by atoms with Gasteiger partial charge in [-0.3, -0.25) is 0 Å². The Balaban J connectivity index is 1.31. The van der Waals surface area contributed by atoms with Gasteiger partial charge in [-0.25, -0.2) is 0 Å². The largest absolute Gasteiger partial charge is 0.0651 e. The van der Waals surface area contributed by atoms with Crippen molar-refractivity contribution in [3.05, 3.63) is 70.8 Å². The highest BCUT2D eigenvalue weighted by molar-refractivity contribution is 5.32. The van der Waals surface area contributed by atoms with Crippen molar-refractivity contribution in [3.63, 3.8) is 0 Å². The van der Waals surface area contributed by atoms with Crippen LogP contribution in [0.25, 0.3) is 0 Å². The molecule has 0 nitrogen and oxygen atoms in total. The van der Waals surface area contributed by atoms with Gasteiger partial charge in [-0.2, -0.15) is 0 Å². The first-order valence-electron chi connectivity index (χ1n) is 13.0. The summed E-state index contributed by atoms with van der Waals surface area (Å²) in [5.41, 5.74) is 6.59. The molecule has 30 heavy (non-hydrogen) atoms. The molecule has 0 bridgehead atoms. The topological polar surface area (TPSA) is 0 Å². The fourth-order valence-corrected chi connectivity index (χ4v) is 6.66. The molecule has 0 heterocycles. The summed E-state index contributed by atoms with van der Waals surface area (Å²) < 4.78 is 0. The van der Waals surface area contributed by atoms with E-state index < -0.39 is 0 Å². The van der Waals surface area contributed by atoms with Gasteiger partial charge in [0.15, 0.2) is 0 Å². The lowest BCUT2D eigenvalue weighted by Gasteiger charge is -2.38. The van der Waals surface area contributed by atoms with Gasteiger partial charge in [-0.1, -0.05) is 75.2 Å². The predicted molar refractivity (Wildman–Crippen MR) is 130 cm³/mol. The second-order valence-corrected chi connectivity index (χ2v) is 10.1. The molecule has 0 atom stereocenters. The number of hydrogen-bond donors (Lipinski definition) is 0. The van der Waals surface area contributed by atoms with Crippen molar-refractivity contribution < 1.29 is 0 Å². The Labute approximate surface area is 185 Å². The summed E-state index contributed by atoms with van der Waals surface area (Å²) in [6, 6.07) is 18.6. The molecule has 0 aliphatic heterocycles. The molecule has 0 saturated heterocycles. The van der Waals surface area contributed by atoms with Crippen molar-refractivity contribution in [2.75, 3.05) is 0 Å². The number of benzene rings is 2. The van der Waals surface area contributed by atoms with Crippen molar-refractivity contribution in [3.8, 4) is 0 Å². The maximum absolute atomic E-state index is 2.43. The van der Waals surface area contributed by atoms with E-state index in [1.807, 2.05) is 0 Å². The van der Waals surface area contributed by atoms with Crippen molar-refractivity contribution in [2.45, 2.75) is 103 Å². The minimum Gasteiger partial charge on any atom is -0.0651 e. The van der Waals surface area contributed by atoms with E-state index >= 15 is 0 Å². The zero-order valence-corrected chi connectivity index (χ0v) is 19.4. The Bertz CT molecular complexity index is 705. The molecular weight excluding hydrogens is 360 g/mol. The van der Waals surface area contributed by atoms with E-state index in [0.717, 1.165) is 23.7 Å². The summed E-state index contributed by atoms with van der Waals surface area (Å²) in [4.78, 5) is 0. The van der Waals surface area contributed by atoms with Crippen LogP contribution in [-0.4, -0.2) is 0 Å². The highest BCUT2D eigenvalue weighted by Gasteiger charge is 2.32. The van der Waals surface area contributed by atoms with Gasteiger partial charge < -0.3 is 0 Å². The van der Waals surface area contributed by atoms with Crippen molar-refractivity contribution in [1.82, 2.24) is 0 Å². The van der Waals surface area contributed by atoms with E-state index in [-0.39, 0.29) is 0 Å². The van der Waals surface area contributed by atoms with Crippen LogP contribution in [0.4, 0.5) is 0 Å². The third-order valence-corrected chi connectivity index (χ3v) is 8.24. The van der Waals surface area contributed by atoms with E-state index in [2.05, 4.69) is 62.4 Å². The van der Waals surface area contributed by atoms with Crippen LogP contribution in [0.5, 0.6) is 0 Å². The average molecular weight is 403 g/mol. The summed E-state index contributed by atoms with van der Waals surface area (Å²) in [7, 11) is 0. The second-order valence-electron chi connectivity index (χ2n) is 10.1. The zero-order chi connectivity index (χ0) is 20.8. The van der Waals surface area contributed by atoms with Gasteiger partial charge in [0.25, 0.3) is 0 Å². The Morgan fingerprint density at radius 3 is 1.27 bits per heavy atom. The van der Waals surface area contributed by atoms with Gasteiger partial charge in [0.1, 0.15) is 0 Å². The smallest absolute Gasteiger partial charge is 0.0159 e. The minimum atomic E-state index is 0.821. The number of aryl methyl sites for hydroxylation is 2. The summed E-state index contributed by atoms with van der Waals surface area (Å²) >= 11 is 0. The third kappa shape index (κ3) is 5.01. The molecule has 2 fully saturated rings. The van der Waals surface area contributed by atoms with Crippen molar-refractivity contribution >= 4 is 0 Å². The molecule has 0 unspecified atom stereocenters. The second kappa shape index (κ2) is 10.7. The Morgan fingerprint density at radius 1 is 0.533 bits per heavy atom. The normalized spacial score (nSPS) is 27.1. The van der Waals surface area contributed by atoms with Gasteiger partial charge in [-0.05, 0) is 110 Å². The molecule has 0 heteroatoms. The van der Waals surface area contributed by atoms with Crippen molar-refractivity contribution in [1.29, 1.82) is 0 Å². The van der Waals surface area contributed by atoms with Crippen LogP contribution in [-0.2, 0) is 12.8 Å². The monoisotopic (exact) mass is 402 g/mol. The van der Waals surface area contributed by atoms with E-state index in [9.17, 15) is 0 Å². The number of hydrogen-bond acceptors (Lipinski definition) is 0. The Kier molecular flexibility index (Phi) is 7.69. The van der Waals surface area contributed by atoms with Gasteiger partial charge >= 0.3 is 0 Å². The molecule has 2 aliphatic rings. The van der Waals surface area contributed by atoms with Crippen LogP contribution in [0.15, 0.2) is 48.5 Å². The van der Waals surface area contributed by atoms with E-state index in [1.54, 1.807) is 22.3 Å². The SMILES string of the molecule is CCCc1ccccc1[C@H]1CC[C@H]([C@H]2CC[C@H](c3ccccc3CCC)CC2)CC1. The molecule has 0 amide bonds. The van der Waals surface area contributed by atoms with Crippen LogP contribution in [0.3, 0.4) is 0 Å². The third-order valence-electron chi connectivity index (χ3n) is 8.24. The molecule has 2 aromatic carbocycles. The zero-order valence-electron chi connectivity index (χ0n) is 19.4. The molecule has 2 saturated carbocycles. The van der Waals surface area contributed by atoms with Crippen molar-refractivity contribution in [2.24, 2.45) is 11.8 Å². The summed E-state index contributed by atoms with van der Waals surface area (Å²) in [5.74, 6) is 3.63. The van der Waals surface area contributed by atoms with E-state index in [0.29, 0.717) is 0 Å². The Hall–Kier alpha value is -1.56. The maximum Gasteiger partial charge on any atom is -0.0159 e. The summed E-state index contributed by atoms with van der Waals surface area (Å²) in [6.07, 6.45) is 16.6. The van der Waals surface area contributed by atoms with Crippen LogP contribution in [0.1, 0.15) is 112 Å². The predicted octanol–water partition coefficient (Wildman–Crippen LogP) is 8.84. The standard InChI is InChI=1S/C30H42/c1-3-9-25-11-5-7-13-29(25)27-19-15-23(16-20-27)24-17-21-28(22-18-24)30-14-8-6-12-26(30)10-4-2/h5-8,11-14,23-24,27-28H,3-4,9-10,15-22H2,1-2H3/t23-,24-,27-,28-. The van der Waals surface area contributed by atoms with Gasteiger partial charge in [0, 0.05) is 0 Å². The molecule has 2 aliphatic carbocycles. The lowest BCUT2D eigenvalue weighted by Crippen LogP contribution is -2.25. The highest BCUT2D eigenvalue weighted by Crippen LogP contribution is 2.46. The molecule has 2 aromatic rings. The fourth-order valence-electron chi connectivity index (χ4n) is 6.66. The first-order chi connectivity index (χ1) is 14.8. The lowest BCUT2D eigenvalue weighted by atomic mass is 9.67. The summed E-state index contributed by atoms with van der Waals surface area (Å²) in [6.45, 7) is 4.62. The molecule has 4 rings (SSSR count). The highest BCUT2D eigenvalue weighted by atomic mass is 14.4. The fraction of sp³-hybridized carbons (Fsp3) is 0.600. The van der Waals surface area contributed by atoms with Crippen LogP contribution < -0.4 is 0 Å². The molecule has 162 valence electrons. The molecule has 0 aromatic heterocycles. The van der Waals surface area contributed by atoms with Gasteiger partial charge in [0.05, 0.1) is 0 Å². The van der Waals surface area contributed by atoms with E-state index in [4.69, 9.17) is 0 Å². The molecule has 0 radical (unpaired) electrons. The quantitative estimate of drug-likeness (QED) is 0.434. The number of rotatable bonds is 7. The molecule has 0 spiro atoms.